The molecule has 1 aliphatic carbocycles. The van der Waals surface area contributed by atoms with Crippen LogP contribution in [0.25, 0.3) is 0 Å². The van der Waals surface area contributed by atoms with Crippen LogP contribution in [0, 0.1) is 5.92 Å². The summed E-state index contributed by atoms with van der Waals surface area (Å²) in [5, 5.41) is 15.6. The molecule has 5 amide bonds. The summed E-state index contributed by atoms with van der Waals surface area (Å²) in [4.78, 5) is 89.2. The fraction of sp³-hybridized carbons (Fsp3) is 0.463. The molecule has 22 heteroatoms. The monoisotopic (exact) mass is 911 g/mol. The molecule has 0 spiro atoms. The van der Waals surface area contributed by atoms with Crippen LogP contribution in [0.4, 0.5) is 14.7 Å². The van der Waals surface area contributed by atoms with Gasteiger partial charge in [0.25, 0.3) is 11.8 Å². The number of ether oxygens (including phenoxy) is 3. The summed E-state index contributed by atoms with van der Waals surface area (Å²) in [6.07, 6.45) is -2.29. The van der Waals surface area contributed by atoms with Gasteiger partial charge in [0.2, 0.25) is 11.5 Å². The molecule has 2 saturated heterocycles. The molecule has 3 heterocycles. The first-order valence-electron chi connectivity index (χ1n) is 19.9. The molecule has 6 rings (SSSR count). The van der Waals surface area contributed by atoms with Crippen LogP contribution in [0.5, 0.6) is 0 Å². The number of thiazole rings is 1. The standard InChI is InChI=1S/C41H49N7O13S2/c1-39(2,3)59-37(53)42-21-26-19-25(32(49)43-26)20-28-30(34(51)48(28)63(55,56)57)45-33(50)29(27-22-62-36(44-27)46-38(54)60-40(4,5)6)47-61-41(17-18-41)35(52)58-31(23-13-9-7-10-14-23)24-15-11-8-12-16-24/h7-16,22,25-26,28,30-31H,17-21H2,1-6H3,(H,42,53)(H,43,49)(H,45,50)(H,44,46,54)(H,55,56,57)/b47-29-/t25-,26?,28-,30+/m1/s1. The molecule has 3 aliphatic rings. The third-order valence-corrected chi connectivity index (χ3v) is 11.5. The first kappa shape index (κ1) is 46.4. The summed E-state index contributed by atoms with van der Waals surface area (Å²) in [6, 6.07) is 14.4. The van der Waals surface area contributed by atoms with Crippen molar-refractivity contribution in [1.29, 1.82) is 0 Å². The normalized spacial score (nSPS) is 20.8. The second kappa shape index (κ2) is 18.3. The molecule has 3 fully saturated rings. The SMILES string of the molecule is CC(C)(C)OC(=O)NCC1C[C@H](C[C@@H]2[C@H](NC(=O)/C(=N\OC3(C(=O)OC(c4ccccc4)c4ccccc4)CC3)c3csc(NC(=O)OC(C)(C)C)n3)C(=O)N2S(=O)(=O)O)C(=O)N1. The van der Waals surface area contributed by atoms with Gasteiger partial charge < -0.3 is 35.0 Å². The van der Waals surface area contributed by atoms with E-state index in [1.165, 1.54) is 5.38 Å². The van der Waals surface area contributed by atoms with E-state index in [0.717, 1.165) is 11.3 Å². The first-order valence-corrected chi connectivity index (χ1v) is 22.2. The average Bonchev–Trinajstić information content (AvgIpc) is 3.71. The summed E-state index contributed by atoms with van der Waals surface area (Å²) >= 11 is 0.885. The number of nitrogens with zero attached hydrogens (tertiary/aromatic N) is 3. The molecular formula is C41H49N7O13S2. The van der Waals surface area contributed by atoms with Gasteiger partial charge in [-0.05, 0) is 65.5 Å². The first-order chi connectivity index (χ1) is 29.5. The van der Waals surface area contributed by atoms with E-state index in [1.807, 2.05) is 12.1 Å². The highest BCUT2D eigenvalue weighted by Gasteiger charge is 2.58. The highest BCUT2D eigenvalue weighted by Crippen LogP contribution is 2.43. The number of aromatic nitrogens is 1. The molecule has 1 saturated carbocycles. The Bertz CT molecular complexity index is 2320. The molecule has 2 aliphatic heterocycles. The lowest BCUT2D eigenvalue weighted by atomic mass is 9.87. The molecule has 1 unspecified atom stereocenters. The van der Waals surface area contributed by atoms with Gasteiger partial charge >= 0.3 is 28.5 Å². The van der Waals surface area contributed by atoms with Crippen molar-refractivity contribution in [2.75, 3.05) is 11.9 Å². The summed E-state index contributed by atoms with van der Waals surface area (Å²) in [5.41, 5.74) is -2.62. The number of alkyl carbamates (subject to hydrolysis) is 1. The largest absolute Gasteiger partial charge is 0.450 e. The summed E-state index contributed by atoms with van der Waals surface area (Å²) in [5.74, 6) is -4.53. The molecule has 0 bridgehead atoms. The number of oxime groups is 1. The van der Waals surface area contributed by atoms with Crippen LogP contribution in [0.3, 0.4) is 0 Å². The van der Waals surface area contributed by atoms with Crippen molar-refractivity contribution in [3.8, 4) is 0 Å². The number of anilines is 1. The lowest BCUT2D eigenvalue weighted by Gasteiger charge is -2.45. The quantitative estimate of drug-likeness (QED) is 0.0361. The Kier molecular flexibility index (Phi) is 13.5. The Morgan fingerprint density at radius 1 is 0.952 bits per heavy atom. The maximum absolute atomic E-state index is 14.2. The smallest absolute Gasteiger partial charge is 0.413 e. The van der Waals surface area contributed by atoms with Gasteiger partial charge in [0.05, 0.1) is 6.04 Å². The number of rotatable bonds is 15. The Labute approximate surface area is 367 Å². The Morgan fingerprint density at radius 2 is 1.54 bits per heavy atom. The second-order valence-corrected chi connectivity index (χ2v) is 19.3. The van der Waals surface area contributed by atoms with Crippen LogP contribution in [0.1, 0.15) is 90.2 Å². The van der Waals surface area contributed by atoms with Gasteiger partial charge in [-0.3, -0.25) is 24.3 Å². The molecule has 2 aromatic carbocycles. The molecule has 0 radical (unpaired) electrons. The minimum atomic E-state index is -5.16. The number of benzene rings is 2. The van der Waals surface area contributed by atoms with Gasteiger partial charge in [-0.15, -0.1) is 11.3 Å². The van der Waals surface area contributed by atoms with E-state index < -0.39 is 98.8 Å². The number of nitrogens with one attached hydrogen (secondary N) is 4. The molecule has 63 heavy (non-hydrogen) atoms. The van der Waals surface area contributed by atoms with Gasteiger partial charge in [-0.2, -0.15) is 8.42 Å². The van der Waals surface area contributed by atoms with Crippen molar-refractivity contribution in [3.63, 3.8) is 0 Å². The van der Waals surface area contributed by atoms with Crippen LogP contribution in [0.15, 0.2) is 71.2 Å². The molecular weight excluding hydrogens is 863 g/mol. The van der Waals surface area contributed by atoms with Gasteiger partial charge in [0.1, 0.15) is 22.9 Å². The number of carbonyl (C=O) groups is 6. The van der Waals surface area contributed by atoms with Crippen LogP contribution in [-0.4, -0.2) is 105 Å². The predicted molar refractivity (Wildman–Crippen MR) is 225 cm³/mol. The van der Waals surface area contributed by atoms with Gasteiger partial charge in [0.15, 0.2) is 16.9 Å². The summed E-state index contributed by atoms with van der Waals surface area (Å²) < 4.78 is 51.5. The number of hydrogen-bond donors (Lipinski definition) is 5. The minimum absolute atomic E-state index is 0.0185. The third kappa shape index (κ3) is 11.9. The zero-order valence-corrected chi connectivity index (χ0v) is 36.9. The topological polar surface area (TPSA) is 270 Å². The molecule has 1 aromatic heterocycles. The molecule has 4 atom stereocenters. The Hall–Kier alpha value is -6.13. The highest BCUT2D eigenvalue weighted by atomic mass is 32.2. The van der Waals surface area contributed by atoms with Crippen LogP contribution in [0.2, 0.25) is 0 Å². The van der Waals surface area contributed by atoms with Gasteiger partial charge in [0, 0.05) is 36.7 Å². The van der Waals surface area contributed by atoms with E-state index in [2.05, 4.69) is 31.4 Å². The van der Waals surface area contributed by atoms with Crippen molar-refractivity contribution in [2.45, 2.75) is 108 Å². The lowest BCUT2D eigenvalue weighted by molar-refractivity contribution is -0.164. The second-order valence-electron chi connectivity index (χ2n) is 17.2. The number of carbonyl (C=O) groups excluding carboxylic acids is 6. The van der Waals surface area contributed by atoms with Crippen molar-refractivity contribution in [3.05, 3.63) is 82.9 Å². The zero-order chi connectivity index (χ0) is 45.9. The van der Waals surface area contributed by atoms with Crippen molar-refractivity contribution < 1.29 is 60.8 Å². The van der Waals surface area contributed by atoms with E-state index >= 15 is 0 Å². The number of hydrogen-bond acceptors (Lipinski definition) is 15. The average molecular weight is 912 g/mol. The highest BCUT2D eigenvalue weighted by molar-refractivity contribution is 7.84. The maximum Gasteiger partial charge on any atom is 0.413 e. The lowest BCUT2D eigenvalue weighted by Crippen LogP contribution is -2.72. The third-order valence-electron chi connectivity index (χ3n) is 9.80. The fourth-order valence-electron chi connectivity index (χ4n) is 6.79. The van der Waals surface area contributed by atoms with Crippen molar-refractivity contribution in [1.82, 2.24) is 25.2 Å². The minimum Gasteiger partial charge on any atom is -0.450 e. The van der Waals surface area contributed by atoms with E-state index in [4.69, 9.17) is 19.0 Å². The number of β-lactam (4-membered cyclic amide) rings is 1. The molecule has 5 N–H and O–H groups in total. The van der Waals surface area contributed by atoms with E-state index in [9.17, 15) is 41.7 Å². The van der Waals surface area contributed by atoms with Crippen molar-refractivity contribution >= 4 is 68.4 Å². The van der Waals surface area contributed by atoms with E-state index in [1.54, 1.807) is 90.1 Å². The zero-order valence-electron chi connectivity index (χ0n) is 35.3. The van der Waals surface area contributed by atoms with Crippen LogP contribution >= 0.6 is 11.3 Å². The van der Waals surface area contributed by atoms with Gasteiger partial charge in [-0.25, -0.2) is 23.7 Å². The van der Waals surface area contributed by atoms with Crippen LogP contribution < -0.4 is 21.3 Å². The van der Waals surface area contributed by atoms with Crippen molar-refractivity contribution in [2.24, 2.45) is 11.1 Å². The maximum atomic E-state index is 14.2. The molecule has 338 valence electrons. The predicted octanol–water partition coefficient (Wildman–Crippen LogP) is 3.99. The summed E-state index contributed by atoms with van der Waals surface area (Å²) in [7, 11) is -5.16. The van der Waals surface area contributed by atoms with E-state index in [-0.39, 0.29) is 47.4 Å². The summed E-state index contributed by atoms with van der Waals surface area (Å²) in [6.45, 7) is 10.0. The Morgan fingerprint density at radius 3 is 2.10 bits per heavy atom. The molecule has 20 nitrogen and oxygen atoms in total. The molecule has 3 aromatic rings. The van der Waals surface area contributed by atoms with E-state index in [0.29, 0.717) is 11.1 Å². The number of amides is 5. The Balaban J connectivity index is 1.23. The number of esters is 1. The fourth-order valence-corrected chi connectivity index (χ4v) is 8.37. The van der Waals surface area contributed by atoms with Crippen LogP contribution in [-0.2, 0) is 48.5 Å². The van der Waals surface area contributed by atoms with Gasteiger partial charge in [-0.1, -0.05) is 65.8 Å².